The van der Waals surface area contributed by atoms with E-state index in [-0.39, 0.29) is 5.91 Å². The molecule has 1 N–H and O–H groups in total. The number of aliphatic imine (C=N–C) groups is 1. The Morgan fingerprint density at radius 2 is 1.86 bits per heavy atom. The zero-order valence-corrected chi connectivity index (χ0v) is 21.2. The number of hydrogen-bond acceptors (Lipinski definition) is 7. The van der Waals surface area contributed by atoms with E-state index < -0.39 is 12.0 Å². The van der Waals surface area contributed by atoms with Crippen molar-refractivity contribution in [2.75, 3.05) is 12.4 Å². The van der Waals surface area contributed by atoms with Crippen LogP contribution in [0.15, 0.2) is 83.2 Å². The van der Waals surface area contributed by atoms with Crippen LogP contribution in [-0.4, -0.2) is 38.5 Å². The predicted molar refractivity (Wildman–Crippen MR) is 141 cm³/mol. The molecule has 1 amide bonds. The number of para-hydroxylation sites is 2. The zero-order chi connectivity index (χ0) is 25.1. The maximum absolute atomic E-state index is 13.7. The van der Waals surface area contributed by atoms with Crippen molar-refractivity contribution in [1.29, 1.82) is 0 Å². The standard InChI is InChI=1S/C26H23ClN6O2S/c1-16-22(24(34)30-20-9-5-6-10-21(20)35-2)23(17-11-13-28-14-12-17)33-25(29-16)31-26(32-33)36-15-18-7-3-4-8-19(18)27/h3-14,22-23H,15H2,1-2H3,(H,30,34). The molecule has 2 aromatic carbocycles. The molecule has 8 nitrogen and oxygen atoms in total. The number of nitrogens with zero attached hydrogens (tertiary/aromatic N) is 5. The van der Waals surface area contributed by atoms with E-state index in [9.17, 15) is 4.79 Å². The second-order valence-electron chi connectivity index (χ2n) is 8.16. The SMILES string of the molecule is COc1ccccc1NC(=O)C1C(C)=Nc2nc(SCc3ccccc3Cl)nn2C1c1ccncc1. The van der Waals surface area contributed by atoms with Crippen LogP contribution < -0.4 is 10.1 Å². The molecule has 2 atom stereocenters. The summed E-state index contributed by atoms with van der Waals surface area (Å²) in [5.74, 6) is 0.819. The van der Waals surface area contributed by atoms with Gasteiger partial charge in [-0.05, 0) is 48.4 Å². The van der Waals surface area contributed by atoms with Gasteiger partial charge in [0.25, 0.3) is 0 Å². The van der Waals surface area contributed by atoms with Crippen LogP contribution in [0.4, 0.5) is 11.6 Å². The number of hydrogen-bond donors (Lipinski definition) is 1. The Labute approximate surface area is 217 Å². The van der Waals surface area contributed by atoms with Gasteiger partial charge in [-0.2, -0.15) is 4.98 Å². The molecular formula is C26H23ClN6O2S. The van der Waals surface area contributed by atoms with Crippen molar-refractivity contribution in [3.8, 4) is 5.75 Å². The molecule has 2 unspecified atom stereocenters. The fourth-order valence-electron chi connectivity index (χ4n) is 4.16. The highest BCUT2D eigenvalue weighted by atomic mass is 35.5. The van der Waals surface area contributed by atoms with E-state index >= 15 is 0 Å². The maximum Gasteiger partial charge on any atom is 0.249 e. The molecule has 182 valence electrons. The molecule has 1 aliphatic heterocycles. The number of nitrogens with one attached hydrogen (secondary N) is 1. The summed E-state index contributed by atoms with van der Waals surface area (Å²) < 4.78 is 7.14. The number of carbonyl (C=O) groups is 1. The summed E-state index contributed by atoms with van der Waals surface area (Å²) in [5, 5.41) is 9.03. The summed E-state index contributed by atoms with van der Waals surface area (Å²) >= 11 is 7.79. The molecule has 0 radical (unpaired) electrons. The van der Waals surface area contributed by atoms with E-state index in [2.05, 4.69) is 20.3 Å². The predicted octanol–water partition coefficient (Wildman–Crippen LogP) is 5.58. The van der Waals surface area contributed by atoms with Gasteiger partial charge < -0.3 is 10.1 Å². The highest BCUT2D eigenvalue weighted by Crippen LogP contribution is 2.38. The van der Waals surface area contributed by atoms with E-state index in [0.29, 0.717) is 39.0 Å². The molecule has 10 heteroatoms. The quantitative estimate of drug-likeness (QED) is 0.321. The molecule has 0 aliphatic carbocycles. The van der Waals surface area contributed by atoms with Crippen LogP contribution in [0, 0.1) is 5.92 Å². The minimum absolute atomic E-state index is 0.214. The van der Waals surface area contributed by atoms with Crippen molar-refractivity contribution < 1.29 is 9.53 Å². The van der Waals surface area contributed by atoms with Crippen LogP contribution in [0.25, 0.3) is 0 Å². The first-order valence-electron chi connectivity index (χ1n) is 11.3. The van der Waals surface area contributed by atoms with Gasteiger partial charge in [-0.1, -0.05) is 53.7 Å². The fourth-order valence-corrected chi connectivity index (χ4v) is 5.27. The molecule has 0 saturated heterocycles. The van der Waals surface area contributed by atoms with Crippen LogP contribution in [0.5, 0.6) is 5.75 Å². The molecule has 3 heterocycles. The number of rotatable bonds is 7. The average molecular weight is 519 g/mol. The summed E-state index contributed by atoms with van der Waals surface area (Å²) in [6.45, 7) is 1.84. The summed E-state index contributed by atoms with van der Waals surface area (Å²) in [6.07, 6.45) is 3.41. The number of methoxy groups -OCH3 is 1. The molecule has 4 aromatic rings. The van der Waals surface area contributed by atoms with Crippen LogP contribution in [0.3, 0.4) is 0 Å². The third-order valence-electron chi connectivity index (χ3n) is 5.91. The highest BCUT2D eigenvalue weighted by Gasteiger charge is 2.39. The van der Waals surface area contributed by atoms with Gasteiger partial charge in [-0.25, -0.2) is 9.67 Å². The van der Waals surface area contributed by atoms with Crippen LogP contribution in [-0.2, 0) is 10.5 Å². The normalized spacial score (nSPS) is 16.7. The van der Waals surface area contributed by atoms with Gasteiger partial charge in [0.2, 0.25) is 17.0 Å². The smallest absolute Gasteiger partial charge is 0.249 e. The molecule has 0 saturated carbocycles. The minimum Gasteiger partial charge on any atom is -0.495 e. The Morgan fingerprint density at radius 3 is 2.64 bits per heavy atom. The second-order valence-corrected chi connectivity index (χ2v) is 9.51. The van der Waals surface area contributed by atoms with E-state index in [4.69, 9.17) is 21.4 Å². The van der Waals surface area contributed by atoms with Crippen molar-refractivity contribution >= 4 is 46.6 Å². The Hall–Kier alpha value is -3.69. The molecular weight excluding hydrogens is 496 g/mol. The molecule has 36 heavy (non-hydrogen) atoms. The minimum atomic E-state index is -0.618. The third-order valence-corrected chi connectivity index (χ3v) is 7.16. The van der Waals surface area contributed by atoms with Crippen LogP contribution in [0.1, 0.15) is 24.1 Å². The van der Waals surface area contributed by atoms with Gasteiger partial charge in [0, 0.05) is 28.9 Å². The number of halogens is 1. The summed E-state index contributed by atoms with van der Waals surface area (Å²) in [5.41, 5.74) is 3.11. The number of fused-ring (bicyclic) bond motifs is 1. The monoisotopic (exact) mass is 518 g/mol. The molecule has 5 rings (SSSR count). The van der Waals surface area contributed by atoms with E-state index in [1.165, 1.54) is 11.8 Å². The van der Waals surface area contributed by atoms with Crippen molar-refractivity contribution in [1.82, 2.24) is 19.7 Å². The van der Waals surface area contributed by atoms with Crippen LogP contribution >= 0.6 is 23.4 Å². The van der Waals surface area contributed by atoms with Gasteiger partial charge in [0.15, 0.2) is 0 Å². The summed E-state index contributed by atoms with van der Waals surface area (Å²) in [4.78, 5) is 27.1. The van der Waals surface area contributed by atoms with E-state index in [1.54, 1.807) is 36.3 Å². The van der Waals surface area contributed by atoms with Gasteiger partial charge in [-0.15, -0.1) is 5.10 Å². The zero-order valence-electron chi connectivity index (χ0n) is 19.6. The number of pyridine rings is 1. The molecule has 1 aliphatic rings. The number of carbonyl (C=O) groups excluding carboxylic acids is 1. The molecule has 0 fully saturated rings. The Morgan fingerprint density at radius 1 is 1.11 bits per heavy atom. The first-order valence-corrected chi connectivity index (χ1v) is 12.6. The summed E-state index contributed by atoms with van der Waals surface area (Å²) in [7, 11) is 1.57. The van der Waals surface area contributed by atoms with Crippen molar-refractivity contribution in [3.63, 3.8) is 0 Å². The van der Waals surface area contributed by atoms with Gasteiger partial charge in [-0.3, -0.25) is 9.78 Å². The number of ether oxygens (including phenoxy) is 1. The lowest BCUT2D eigenvalue weighted by Gasteiger charge is -2.30. The van der Waals surface area contributed by atoms with Crippen molar-refractivity contribution in [3.05, 3.63) is 89.2 Å². The van der Waals surface area contributed by atoms with Gasteiger partial charge in [0.1, 0.15) is 11.7 Å². The number of benzene rings is 2. The van der Waals surface area contributed by atoms with Gasteiger partial charge >= 0.3 is 0 Å². The molecule has 2 aromatic heterocycles. The van der Waals surface area contributed by atoms with Crippen LogP contribution in [0.2, 0.25) is 5.02 Å². The van der Waals surface area contributed by atoms with E-state index in [0.717, 1.165) is 11.1 Å². The first-order chi connectivity index (χ1) is 17.5. The highest BCUT2D eigenvalue weighted by molar-refractivity contribution is 7.98. The number of anilines is 1. The maximum atomic E-state index is 13.7. The molecule has 0 spiro atoms. The number of amides is 1. The lowest BCUT2D eigenvalue weighted by molar-refractivity contribution is -0.118. The Balaban J connectivity index is 1.48. The largest absolute Gasteiger partial charge is 0.495 e. The number of aromatic nitrogens is 4. The first kappa shape index (κ1) is 24.0. The van der Waals surface area contributed by atoms with Crippen molar-refractivity contribution in [2.24, 2.45) is 10.9 Å². The second kappa shape index (κ2) is 10.5. The Bertz CT molecular complexity index is 1420. The van der Waals surface area contributed by atoms with Gasteiger partial charge in [0.05, 0.1) is 18.8 Å². The lowest BCUT2D eigenvalue weighted by Crippen LogP contribution is -2.39. The Kier molecular flexibility index (Phi) is 7.02. The summed E-state index contributed by atoms with van der Waals surface area (Å²) in [6, 6.07) is 18.3. The average Bonchev–Trinajstić information content (AvgIpc) is 3.30. The van der Waals surface area contributed by atoms with Crippen molar-refractivity contribution in [2.45, 2.75) is 23.9 Å². The number of thioether (sulfide) groups is 1. The third kappa shape index (κ3) is 4.84. The lowest BCUT2D eigenvalue weighted by atomic mass is 9.88. The topological polar surface area (TPSA) is 94.3 Å². The fraction of sp³-hybridized carbons (Fsp3) is 0.192. The molecule has 0 bridgehead atoms. The van der Waals surface area contributed by atoms with E-state index in [1.807, 2.05) is 55.5 Å².